The zero-order valence-electron chi connectivity index (χ0n) is 9.68. The Morgan fingerprint density at radius 1 is 1.18 bits per heavy atom. The van der Waals surface area contributed by atoms with Crippen molar-refractivity contribution >= 4 is 37.5 Å². The topological polar surface area (TPSA) is 25.2 Å². The van der Waals surface area contributed by atoms with Crippen molar-refractivity contribution in [2.45, 2.75) is 20.4 Å². The maximum atomic E-state index is 5.51. The summed E-state index contributed by atoms with van der Waals surface area (Å²) in [5, 5.41) is 3.36. The molecule has 2 rings (SSSR count). The van der Waals surface area contributed by atoms with Crippen molar-refractivity contribution in [3.05, 3.63) is 50.3 Å². The Morgan fingerprint density at radius 3 is 2.53 bits per heavy atom. The first kappa shape index (κ1) is 12.7. The number of hydrogen-bond acceptors (Lipinski definition) is 2. The van der Waals surface area contributed by atoms with E-state index in [0.717, 1.165) is 20.6 Å². The van der Waals surface area contributed by atoms with Gasteiger partial charge in [-0.3, -0.25) is 0 Å². The van der Waals surface area contributed by atoms with Crippen LogP contribution in [0.1, 0.15) is 16.9 Å². The van der Waals surface area contributed by atoms with Crippen molar-refractivity contribution in [1.29, 1.82) is 0 Å². The smallest absolute Gasteiger partial charge is 0.183 e. The second kappa shape index (κ2) is 5.27. The molecule has 90 valence electrons. The van der Waals surface area contributed by atoms with Gasteiger partial charge in [0.15, 0.2) is 4.67 Å². The summed E-state index contributed by atoms with van der Waals surface area (Å²) in [4.78, 5) is 0. The third-order valence-electron chi connectivity index (χ3n) is 2.53. The predicted octanol–water partition coefficient (Wildman–Crippen LogP) is 5.03. The van der Waals surface area contributed by atoms with E-state index in [-0.39, 0.29) is 0 Å². The van der Waals surface area contributed by atoms with Gasteiger partial charge in [0.2, 0.25) is 0 Å². The molecule has 1 aromatic heterocycles. The number of rotatable bonds is 3. The van der Waals surface area contributed by atoms with Crippen LogP contribution in [0, 0.1) is 13.8 Å². The molecule has 2 nitrogen and oxygen atoms in total. The number of halogens is 2. The van der Waals surface area contributed by atoms with E-state index in [1.165, 1.54) is 11.1 Å². The standard InChI is InChI=1S/C13H13Br2NO/c1-8-3-4-12(9(2)5-8)16-7-10-6-11(14)13(15)17-10/h3-6,16H,7H2,1-2H3. The van der Waals surface area contributed by atoms with E-state index in [0.29, 0.717) is 6.54 Å². The van der Waals surface area contributed by atoms with Crippen LogP contribution in [0.5, 0.6) is 0 Å². The number of benzene rings is 1. The van der Waals surface area contributed by atoms with Gasteiger partial charge in [-0.1, -0.05) is 17.7 Å². The molecule has 0 fully saturated rings. The van der Waals surface area contributed by atoms with Crippen LogP contribution in [0.15, 0.2) is 37.8 Å². The molecule has 1 N–H and O–H groups in total. The van der Waals surface area contributed by atoms with E-state index in [2.05, 4.69) is 69.2 Å². The maximum Gasteiger partial charge on any atom is 0.183 e. The van der Waals surface area contributed by atoms with Gasteiger partial charge in [0.25, 0.3) is 0 Å². The molecule has 0 amide bonds. The Balaban J connectivity index is 2.07. The first-order chi connectivity index (χ1) is 8.06. The SMILES string of the molecule is Cc1ccc(NCc2cc(Br)c(Br)o2)c(C)c1. The van der Waals surface area contributed by atoms with E-state index < -0.39 is 0 Å². The van der Waals surface area contributed by atoms with Gasteiger partial charge in [0.05, 0.1) is 11.0 Å². The zero-order chi connectivity index (χ0) is 12.4. The van der Waals surface area contributed by atoms with Crippen LogP contribution in [0.3, 0.4) is 0 Å². The molecule has 2 aromatic rings. The number of furan rings is 1. The highest BCUT2D eigenvalue weighted by Gasteiger charge is 2.06. The van der Waals surface area contributed by atoms with Gasteiger partial charge >= 0.3 is 0 Å². The van der Waals surface area contributed by atoms with Gasteiger partial charge in [0, 0.05) is 5.69 Å². The Bertz CT molecular complexity index is 515. The summed E-state index contributed by atoms with van der Waals surface area (Å²) in [7, 11) is 0. The Morgan fingerprint density at radius 2 is 1.94 bits per heavy atom. The van der Waals surface area contributed by atoms with Crippen LogP contribution in [0.4, 0.5) is 5.69 Å². The molecule has 1 aromatic carbocycles. The lowest BCUT2D eigenvalue weighted by Crippen LogP contribution is -1.99. The molecule has 0 bridgehead atoms. The van der Waals surface area contributed by atoms with Gasteiger partial charge in [-0.2, -0.15) is 0 Å². The van der Waals surface area contributed by atoms with Gasteiger partial charge in [-0.15, -0.1) is 0 Å². The van der Waals surface area contributed by atoms with Crippen molar-refractivity contribution in [3.63, 3.8) is 0 Å². The van der Waals surface area contributed by atoms with Crippen LogP contribution in [-0.2, 0) is 6.54 Å². The van der Waals surface area contributed by atoms with Crippen LogP contribution < -0.4 is 5.32 Å². The highest BCUT2D eigenvalue weighted by atomic mass is 79.9. The van der Waals surface area contributed by atoms with Crippen LogP contribution in [0.25, 0.3) is 0 Å². The third-order valence-corrected chi connectivity index (χ3v) is 4.24. The lowest BCUT2D eigenvalue weighted by Gasteiger charge is -2.08. The highest BCUT2D eigenvalue weighted by Crippen LogP contribution is 2.27. The number of anilines is 1. The lowest BCUT2D eigenvalue weighted by atomic mass is 10.1. The molecule has 0 atom stereocenters. The van der Waals surface area contributed by atoms with Crippen LogP contribution >= 0.6 is 31.9 Å². The van der Waals surface area contributed by atoms with Crippen molar-refractivity contribution in [2.75, 3.05) is 5.32 Å². The Labute approximate surface area is 118 Å². The molecule has 0 saturated heterocycles. The van der Waals surface area contributed by atoms with Gasteiger partial charge < -0.3 is 9.73 Å². The fourth-order valence-corrected chi connectivity index (χ4v) is 2.33. The second-order valence-electron chi connectivity index (χ2n) is 4.01. The quantitative estimate of drug-likeness (QED) is 0.831. The van der Waals surface area contributed by atoms with Crippen molar-refractivity contribution in [2.24, 2.45) is 0 Å². The molecule has 0 unspecified atom stereocenters. The molecule has 0 saturated carbocycles. The highest BCUT2D eigenvalue weighted by molar-refractivity contribution is 9.13. The van der Waals surface area contributed by atoms with Crippen LogP contribution in [0.2, 0.25) is 0 Å². The van der Waals surface area contributed by atoms with Gasteiger partial charge in [-0.05, 0) is 63.4 Å². The molecule has 17 heavy (non-hydrogen) atoms. The second-order valence-corrected chi connectivity index (χ2v) is 5.58. The molecule has 0 aliphatic carbocycles. The summed E-state index contributed by atoms with van der Waals surface area (Å²) in [6.45, 7) is 4.87. The predicted molar refractivity (Wildman–Crippen MR) is 77.4 cm³/mol. The molecule has 0 aliphatic rings. The number of aryl methyl sites for hydroxylation is 2. The maximum absolute atomic E-state index is 5.51. The normalized spacial score (nSPS) is 10.6. The Kier molecular flexibility index (Phi) is 3.94. The van der Waals surface area contributed by atoms with Crippen molar-refractivity contribution in [1.82, 2.24) is 0 Å². The van der Waals surface area contributed by atoms with Crippen molar-refractivity contribution in [3.8, 4) is 0 Å². The average Bonchev–Trinajstić information content (AvgIpc) is 2.57. The number of hydrogen-bond donors (Lipinski definition) is 1. The summed E-state index contributed by atoms with van der Waals surface area (Å²) >= 11 is 6.72. The van der Waals surface area contributed by atoms with E-state index in [9.17, 15) is 0 Å². The molecule has 0 radical (unpaired) electrons. The average molecular weight is 359 g/mol. The molecule has 0 spiro atoms. The Hall–Kier alpha value is -0.740. The first-order valence-electron chi connectivity index (χ1n) is 5.31. The molecular weight excluding hydrogens is 346 g/mol. The summed E-state index contributed by atoms with van der Waals surface area (Å²) in [5.41, 5.74) is 3.66. The summed E-state index contributed by atoms with van der Waals surface area (Å²) in [6.07, 6.45) is 0. The van der Waals surface area contributed by atoms with E-state index in [1.54, 1.807) is 0 Å². The third kappa shape index (κ3) is 3.13. The lowest BCUT2D eigenvalue weighted by molar-refractivity contribution is 0.494. The first-order valence-corrected chi connectivity index (χ1v) is 6.89. The zero-order valence-corrected chi connectivity index (χ0v) is 12.9. The van der Waals surface area contributed by atoms with Gasteiger partial charge in [-0.25, -0.2) is 0 Å². The fraction of sp³-hybridized carbons (Fsp3) is 0.231. The van der Waals surface area contributed by atoms with Crippen LogP contribution in [-0.4, -0.2) is 0 Å². The van der Waals surface area contributed by atoms with Gasteiger partial charge in [0.1, 0.15) is 5.76 Å². The van der Waals surface area contributed by atoms with E-state index >= 15 is 0 Å². The molecule has 4 heteroatoms. The van der Waals surface area contributed by atoms with E-state index in [4.69, 9.17) is 4.42 Å². The minimum Gasteiger partial charge on any atom is -0.451 e. The summed E-state index contributed by atoms with van der Waals surface area (Å²) < 4.78 is 7.18. The monoisotopic (exact) mass is 357 g/mol. The minimum atomic E-state index is 0.675. The largest absolute Gasteiger partial charge is 0.451 e. The minimum absolute atomic E-state index is 0.675. The van der Waals surface area contributed by atoms with E-state index in [1.807, 2.05) is 6.07 Å². The molecule has 0 aliphatic heterocycles. The van der Waals surface area contributed by atoms with Crippen molar-refractivity contribution < 1.29 is 4.42 Å². The molecule has 1 heterocycles. The summed E-state index contributed by atoms with van der Waals surface area (Å²) in [5.74, 6) is 0.892. The molecular formula is C13H13Br2NO. The fourth-order valence-electron chi connectivity index (χ4n) is 1.67. The number of nitrogens with one attached hydrogen (secondary N) is 1. The summed E-state index contributed by atoms with van der Waals surface area (Å²) in [6, 6.07) is 8.32.